The smallest absolute Gasteiger partial charge is 0.258 e. The van der Waals surface area contributed by atoms with Crippen molar-refractivity contribution in [2.45, 2.75) is 6.92 Å². The molecule has 2 amide bonds. The molecule has 5 aromatic carbocycles. The van der Waals surface area contributed by atoms with Crippen molar-refractivity contribution in [3.05, 3.63) is 126 Å². The van der Waals surface area contributed by atoms with Gasteiger partial charge in [-0.3, -0.25) is 9.59 Å². The molecule has 0 aliphatic carbocycles. The van der Waals surface area contributed by atoms with Gasteiger partial charge in [0.2, 0.25) is 5.91 Å². The van der Waals surface area contributed by atoms with Crippen molar-refractivity contribution in [3.8, 4) is 0 Å². The predicted molar refractivity (Wildman–Crippen MR) is 149 cm³/mol. The first kappa shape index (κ1) is 23.1. The van der Waals surface area contributed by atoms with Crippen LogP contribution >= 0.6 is 0 Å². The van der Waals surface area contributed by atoms with E-state index in [1.165, 1.54) is 6.08 Å². The van der Waals surface area contributed by atoms with Crippen LogP contribution in [0.15, 0.2) is 115 Å². The summed E-state index contributed by atoms with van der Waals surface area (Å²) in [6.07, 6.45) is 3.35. The largest absolute Gasteiger partial charge is 0.323 e. The van der Waals surface area contributed by atoms with E-state index in [0.29, 0.717) is 17.8 Å². The van der Waals surface area contributed by atoms with Crippen molar-refractivity contribution < 1.29 is 9.59 Å². The van der Waals surface area contributed by atoms with Gasteiger partial charge in [0, 0.05) is 29.3 Å². The molecular weight excluding hydrogens is 444 g/mol. The van der Waals surface area contributed by atoms with Crippen LogP contribution in [-0.2, 0) is 4.79 Å². The van der Waals surface area contributed by atoms with Crippen LogP contribution in [0.1, 0.15) is 22.8 Å². The maximum absolute atomic E-state index is 13.3. The maximum atomic E-state index is 13.3. The van der Waals surface area contributed by atoms with E-state index in [9.17, 15) is 9.59 Å². The monoisotopic (exact) mass is 470 g/mol. The first-order valence-corrected chi connectivity index (χ1v) is 12.0. The summed E-state index contributed by atoms with van der Waals surface area (Å²) in [4.78, 5) is 27.7. The molecule has 0 saturated heterocycles. The molecule has 4 nitrogen and oxygen atoms in total. The number of nitrogens with one attached hydrogen (secondary N) is 1. The van der Waals surface area contributed by atoms with Gasteiger partial charge in [-0.1, -0.05) is 78.9 Å². The Morgan fingerprint density at radius 2 is 1.33 bits per heavy atom. The predicted octanol–water partition coefficient (Wildman–Crippen LogP) is 7.31. The number of amides is 2. The molecule has 0 bridgehead atoms. The summed E-state index contributed by atoms with van der Waals surface area (Å²) < 4.78 is 0. The summed E-state index contributed by atoms with van der Waals surface area (Å²) in [7, 11) is 0. The fraction of sp³-hybridized carbons (Fsp3) is 0.0625. The Balaban J connectivity index is 1.30. The van der Waals surface area contributed by atoms with Crippen LogP contribution < -0.4 is 10.2 Å². The van der Waals surface area contributed by atoms with Crippen LogP contribution in [-0.4, -0.2) is 18.4 Å². The molecule has 0 spiro atoms. The van der Waals surface area contributed by atoms with Crippen molar-refractivity contribution in [2.75, 3.05) is 16.8 Å². The molecule has 0 radical (unpaired) electrons. The maximum Gasteiger partial charge on any atom is 0.258 e. The molecule has 5 rings (SSSR count). The highest BCUT2D eigenvalue weighted by Gasteiger charge is 2.18. The Morgan fingerprint density at radius 1 is 0.722 bits per heavy atom. The first-order chi connectivity index (χ1) is 17.6. The third kappa shape index (κ3) is 4.75. The molecule has 0 aromatic heterocycles. The van der Waals surface area contributed by atoms with Gasteiger partial charge < -0.3 is 10.2 Å². The third-order valence-corrected chi connectivity index (χ3v) is 6.26. The SMILES string of the molecule is CCN(C(=O)c1ccc(NC(=O)C=Cc2cccc3ccccc23)cc1)c1cccc2ccccc12. The minimum Gasteiger partial charge on any atom is -0.323 e. The zero-order valence-corrected chi connectivity index (χ0v) is 20.0. The summed E-state index contributed by atoms with van der Waals surface area (Å²) in [5.41, 5.74) is 3.07. The van der Waals surface area contributed by atoms with Crippen LogP contribution in [0.25, 0.3) is 27.6 Å². The molecule has 176 valence electrons. The molecule has 0 heterocycles. The van der Waals surface area contributed by atoms with Crippen molar-refractivity contribution in [1.29, 1.82) is 0 Å². The minimum atomic E-state index is -0.229. The van der Waals surface area contributed by atoms with E-state index in [-0.39, 0.29) is 11.8 Å². The number of anilines is 2. The van der Waals surface area contributed by atoms with Gasteiger partial charge in [0.25, 0.3) is 5.91 Å². The van der Waals surface area contributed by atoms with E-state index in [1.54, 1.807) is 29.2 Å². The highest BCUT2D eigenvalue weighted by Crippen LogP contribution is 2.28. The minimum absolute atomic E-state index is 0.0809. The lowest BCUT2D eigenvalue weighted by Gasteiger charge is -2.23. The number of carbonyl (C=O) groups excluding carboxylic acids is 2. The van der Waals surface area contributed by atoms with Gasteiger partial charge >= 0.3 is 0 Å². The van der Waals surface area contributed by atoms with Gasteiger partial charge in [-0.05, 0) is 65.1 Å². The van der Waals surface area contributed by atoms with Gasteiger partial charge in [-0.25, -0.2) is 0 Å². The summed E-state index contributed by atoms with van der Waals surface area (Å²) in [5, 5.41) is 7.23. The van der Waals surface area contributed by atoms with Gasteiger partial charge in [0.05, 0.1) is 5.69 Å². The number of hydrogen-bond acceptors (Lipinski definition) is 2. The molecule has 36 heavy (non-hydrogen) atoms. The fourth-order valence-corrected chi connectivity index (χ4v) is 4.46. The molecule has 0 aliphatic heterocycles. The quantitative estimate of drug-likeness (QED) is 0.265. The second-order valence-electron chi connectivity index (χ2n) is 8.52. The Morgan fingerprint density at radius 3 is 2.06 bits per heavy atom. The molecule has 5 aromatic rings. The molecule has 0 unspecified atom stereocenters. The zero-order chi connectivity index (χ0) is 24.9. The van der Waals surface area contributed by atoms with Gasteiger partial charge in [0.1, 0.15) is 0 Å². The molecule has 0 atom stereocenters. The summed E-state index contributed by atoms with van der Waals surface area (Å²) in [5.74, 6) is -0.310. The first-order valence-electron chi connectivity index (χ1n) is 12.0. The second-order valence-corrected chi connectivity index (χ2v) is 8.52. The normalized spacial score (nSPS) is 11.1. The summed E-state index contributed by atoms with van der Waals surface area (Å²) >= 11 is 0. The average molecular weight is 471 g/mol. The van der Waals surface area contributed by atoms with Crippen LogP contribution in [0.2, 0.25) is 0 Å². The second kappa shape index (κ2) is 10.3. The average Bonchev–Trinajstić information content (AvgIpc) is 2.93. The van der Waals surface area contributed by atoms with E-state index in [4.69, 9.17) is 0 Å². The van der Waals surface area contributed by atoms with Gasteiger partial charge in [0.15, 0.2) is 0 Å². The number of hydrogen-bond donors (Lipinski definition) is 1. The summed E-state index contributed by atoms with van der Waals surface area (Å²) in [6.45, 7) is 2.51. The van der Waals surface area contributed by atoms with Crippen LogP contribution in [0, 0.1) is 0 Å². The lowest BCUT2D eigenvalue weighted by molar-refractivity contribution is -0.111. The number of rotatable bonds is 6. The van der Waals surface area contributed by atoms with Crippen LogP contribution in [0.5, 0.6) is 0 Å². The Kier molecular flexibility index (Phi) is 6.59. The number of benzene rings is 5. The topological polar surface area (TPSA) is 49.4 Å². The van der Waals surface area contributed by atoms with Gasteiger partial charge in [-0.15, -0.1) is 0 Å². The number of nitrogens with zero attached hydrogens (tertiary/aromatic N) is 1. The molecule has 0 saturated carbocycles. The lowest BCUT2D eigenvalue weighted by atomic mass is 10.0. The number of carbonyl (C=O) groups is 2. The van der Waals surface area contributed by atoms with E-state index in [2.05, 4.69) is 17.4 Å². The molecule has 0 aliphatic rings. The number of fused-ring (bicyclic) bond motifs is 2. The Hall–Kier alpha value is -4.70. The van der Waals surface area contributed by atoms with E-state index in [0.717, 1.165) is 32.8 Å². The van der Waals surface area contributed by atoms with E-state index in [1.807, 2.05) is 85.8 Å². The summed E-state index contributed by atoms with van der Waals surface area (Å²) in [6, 6.07) is 35.2. The van der Waals surface area contributed by atoms with Crippen LogP contribution in [0.4, 0.5) is 11.4 Å². The molecule has 1 N–H and O–H groups in total. The Bertz CT molecular complexity index is 1580. The van der Waals surface area contributed by atoms with Gasteiger partial charge in [-0.2, -0.15) is 0 Å². The standard InChI is InChI=1S/C32H26N2O2/c1-2-34(30-16-8-13-24-10-4-6-15-29(24)30)32(36)26-17-20-27(21-18-26)33-31(35)22-19-25-12-7-11-23-9-3-5-14-28(23)25/h3-22H,2H2,1H3,(H,33,35). The van der Waals surface area contributed by atoms with E-state index >= 15 is 0 Å². The van der Waals surface area contributed by atoms with E-state index < -0.39 is 0 Å². The zero-order valence-electron chi connectivity index (χ0n) is 20.0. The van der Waals surface area contributed by atoms with Crippen molar-refractivity contribution in [1.82, 2.24) is 0 Å². The Labute approximate surface area is 210 Å². The highest BCUT2D eigenvalue weighted by molar-refractivity contribution is 6.11. The van der Waals surface area contributed by atoms with Crippen LogP contribution in [0.3, 0.4) is 0 Å². The lowest BCUT2D eigenvalue weighted by Crippen LogP contribution is -2.30. The van der Waals surface area contributed by atoms with Crippen molar-refractivity contribution >= 4 is 50.8 Å². The molecule has 4 heteroatoms. The van der Waals surface area contributed by atoms with Crippen molar-refractivity contribution in [3.63, 3.8) is 0 Å². The molecular formula is C32H26N2O2. The fourth-order valence-electron chi connectivity index (χ4n) is 4.46. The highest BCUT2D eigenvalue weighted by atomic mass is 16.2. The molecule has 0 fully saturated rings. The third-order valence-electron chi connectivity index (χ3n) is 6.26. The van der Waals surface area contributed by atoms with Crippen molar-refractivity contribution in [2.24, 2.45) is 0 Å².